The Labute approximate surface area is 150 Å². The fourth-order valence-corrected chi connectivity index (χ4v) is 2.73. The van der Waals surface area contributed by atoms with Gasteiger partial charge in [0.05, 0.1) is 33.8 Å². The lowest BCUT2D eigenvalue weighted by Crippen LogP contribution is -2.18. The summed E-state index contributed by atoms with van der Waals surface area (Å²) in [6.45, 7) is 1.82. The van der Waals surface area contributed by atoms with Crippen LogP contribution in [0.3, 0.4) is 0 Å². The van der Waals surface area contributed by atoms with E-state index in [1.807, 2.05) is 37.3 Å². The van der Waals surface area contributed by atoms with Crippen LogP contribution in [0, 0.1) is 6.92 Å². The number of para-hydroxylation sites is 1. The molecule has 0 radical (unpaired) electrons. The number of halogens is 2. The predicted octanol–water partition coefficient (Wildman–Crippen LogP) is 3.08. The molecule has 7 nitrogen and oxygen atoms in total. The highest BCUT2D eigenvalue weighted by Crippen LogP contribution is 2.21. The topological polar surface area (TPSA) is 88.0 Å². The van der Waals surface area contributed by atoms with E-state index in [0.717, 1.165) is 5.69 Å². The van der Waals surface area contributed by atoms with E-state index in [-0.39, 0.29) is 5.69 Å². The van der Waals surface area contributed by atoms with Crippen molar-refractivity contribution < 1.29 is 4.79 Å². The van der Waals surface area contributed by atoms with Crippen molar-refractivity contribution in [1.82, 2.24) is 25.4 Å². The molecular formula is C15H12BrClN6O. The van der Waals surface area contributed by atoms with Crippen LogP contribution in [0.2, 0.25) is 5.15 Å². The van der Waals surface area contributed by atoms with Crippen molar-refractivity contribution >= 4 is 39.7 Å². The van der Waals surface area contributed by atoms with Crippen molar-refractivity contribution in [3.63, 3.8) is 0 Å². The number of aromatic nitrogens is 4. The molecule has 1 aromatic carbocycles. The number of aryl methyl sites for hydroxylation is 1. The molecule has 0 aliphatic rings. The van der Waals surface area contributed by atoms with Crippen LogP contribution in [0.5, 0.6) is 0 Å². The number of carbonyl (C=O) groups is 1. The van der Waals surface area contributed by atoms with Gasteiger partial charge in [0.15, 0.2) is 0 Å². The maximum Gasteiger partial charge on any atom is 0.290 e. The van der Waals surface area contributed by atoms with Crippen LogP contribution < -0.4 is 5.43 Å². The van der Waals surface area contributed by atoms with Crippen LogP contribution in [0.15, 0.2) is 46.1 Å². The second-order valence-electron chi connectivity index (χ2n) is 4.83. The van der Waals surface area contributed by atoms with Gasteiger partial charge in [-0.1, -0.05) is 29.8 Å². The van der Waals surface area contributed by atoms with Gasteiger partial charge in [-0.05, 0) is 35.0 Å². The molecule has 2 N–H and O–H groups in total. The van der Waals surface area contributed by atoms with Crippen molar-refractivity contribution in [2.24, 2.45) is 5.10 Å². The summed E-state index contributed by atoms with van der Waals surface area (Å²) in [6.07, 6.45) is 2.95. The van der Waals surface area contributed by atoms with Crippen LogP contribution in [0.4, 0.5) is 0 Å². The van der Waals surface area contributed by atoms with Crippen LogP contribution in [0.25, 0.3) is 5.69 Å². The number of hydrazone groups is 1. The van der Waals surface area contributed by atoms with Gasteiger partial charge in [-0.15, -0.1) is 0 Å². The fourth-order valence-electron chi connectivity index (χ4n) is 2.04. The molecular weight excluding hydrogens is 396 g/mol. The quantitative estimate of drug-likeness (QED) is 0.514. The van der Waals surface area contributed by atoms with Crippen molar-refractivity contribution in [2.45, 2.75) is 6.92 Å². The van der Waals surface area contributed by atoms with Gasteiger partial charge in [0.25, 0.3) is 5.91 Å². The number of benzene rings is 1. The number of aromatic amines is 1. The lowest BCUT2D eigenvalue weighted by molar-refractivity contribution is 0.0949. The summed E-state index contributed by atoms with van der Waals surface area (Å²) in [4.78, 5) is 11.9. The Balaban J connectivity index is 1.80. The molecule has 1 amide bonds. The molecule has 0 aliphatic heterocycles. The molecule has 3 aromatic rings. The fraction of sp³-hybridized carbons (Fsp3) is 0.0667. The average Bonchev–Trinajstić information content (AvgIpc) is 3.13. The Kier molecular flexibility index (Phi) is 4.77. The number of carbonyl (C=O) groups excluding carboxylic acids is 1. The third-order valence-electron chi connectivity index (χ3n) is 3.23. The number of hydrogen-bond acceptors (Lipinski definition) is 4. The molecule has 0 spiro atoms. The molecule has 0 atom stereocenters. The van der Waals surface area contributed by atoms with Gasteiger partial charge in [-0.2, -0.15) is 15.3 Å². The van der Waals surface area contributed by atoms with Gasteiger partial charge >= 0.3 is 0 Å². The molecule has 3 rings (SSSR count). The Morgan fingerprint density at radius 1 is 1.42 bits per heavy atom. The average molecular weight is 408 g/mol. The molecule has 122 valence electrons. The molecule has 9 heteroatoms. The highest BCUT2D eigenvalue weighted by Gasteiger charge is 2.14. The number of nitrogens with one attached hydrogen (secondary N) is 2. The minimum absolute atomic E-state index is 0.287. The number of nitrogens with zero attached hydrogens (tertiary/aromatic N) is 4. The summed E-state index contributed by atoms with van der Waals surface area (Å²) in [7, 11) is 0. The number of amides is 1. The van der Waals surface area contributed by atoms with Crippen LogP contribution in [-0.4, -0.2) is 32.1 Å². The molecule has 0 fully saturated rings. The first-order valence-corrected chi connectivity index (χ1v) is 8.08. The minimum atomic E-state index is -0.417. The zero-order valence-corrected chi connectivity index (χ0v) is 14.8. The summed E-state index contributed by atoms with van der Waals surface area (Å²) in [5.41, 5.74) is 4.87. The third-order valence-corrected chi connectivity index (χ3v) is 4.19. The van der Waals surface area contributed by atoms with Crippen LogP contribution in [-0.2, 0) is 0 Å². The maximum absolute atomic E-state index is 11.9. The Bertz CT molecular complexity index is 902. The van der Waals surface area contributed by atoms with E-state index in [9.17, 15) is 4.79 Å². The lowest BCUT2D eigenvalue weighted by atomic mass is 10.3. The second kappa shape index (κ2) is 6.98. The summed E-state index contributed by atoms with van der Waals surface area (Å²) in [5.74, 6) is -0.417. The van der Waals surface area contributed by atoms with E-state index in [2.05, 4.69) is 41.8 Å². The van der Waals surface area contributed by atoms with E-state index < -0.39 is 5.91 Å². The smallest absolute Gasteiger partial charge is 0.272 e. The minimum Gasteiger partial charge on any atom is -0.272 e. The summed E-state index contributed by atoms with van der Waals surface area (Å²) in [6, 6.07) is 9.52. The largest absolute Gasteiger partial charge is 0.290 e. The molecule has 24 heavy (non-hydrogen) atoms. The number of hydrogen-bond donors (Lipinski definition) is 2. The van der Waals surface area contributed by atoms with E-state index in [1.165, 1.54) is 12.4 Å². The zero-order valence-electron chi connectivity index (χ0n) is 12.5. The van der Waals surface area contributed by atoms with Gasteiger partial charge < -0.3 is 0 Å². The lowest BCUT2D eigenvalue weighted by Gasteiger charge is -2.01. The summed E-state index contributed by atoms with van der Waals surface area (Å²) in [5, 5.41) is 15.1. The van der Waals surface area contributed by atoms with Crippen molar-refractivity contribution in [2.75, 3.05) is 0 Å². The molecule has 0 saturated heterocycles. The first-order chi connectivity index (χ1) is 11.6. The van der Waals surface area contributed by atoms with Gasteiger partial charge in [-0.3, -0.25) is 9.89 Å². The summed E-state index contributed by atoms with van der Waals surface area (Å²) >= 11 is 9.59. The molecule has 2 heterocycles. The number of H-pyrrole nitrogens is 1. The van der Waals surface area contributed by atoms with Gasteiger partial charge in [-0.25, -0.2) is 10.1 Å². The Morgan fingerprint density at radius 2 is 2.17 bits per heavy atom. The van der Waals surface area contributed by atoms with Gasteiger partial charge in [0.1, 0.15) is 10.8 Å². The van der Waals surface area contributed by atoms with E-state index in [1.54, 1.807) is 4.68 Å². The highest BCUT2D eigenvalue weighted by atomic mass is 79.9. The van der Waals surface area contributed by atoms with E-state index in [0.29, 0.717) is 20.9 Å². The van der Waals surface area contributed by atoms with Crippen molar-refractivity contribution in [3.8, 4) is 5.69 Å². The van der Waals surface area contributed by atoms with E-state index >= 15 is 0 Å². The molecule has 0 bridgehead atoms. The second-order valence-corrected chi connectivity index (χ2v) is 6.04. The molecule has 0 saturated carbocycles. The number of rotatable bonds is 4. The monoisotopic (exact) mass is 406 g/mol. The summed E-state index contributed by atoms with van der Waals surface area (Å²) < 4.78 is 2.17. The van der Waals surface area contributed by atoms with Gasteiger partial charge in [0.2, 0.25) is 0 Å². The first kappa shape index (κ1) is 16.4. The van der Waals surface area contributed by atoms with Gasteiger partial charge in [0, 0.05) is 0 Å². The first-order valence-electron chi connectivity index (χ1n) is 6.90. The highest BCUT2D eigenvalue weighted by molar-refractivity contribution is 9.10. The molecule has 2 aromatic heterocycles. The normalized spacial score (nSPS) is 11.1. The zero-order chi connectivity index (χ0) is 17.1. The van der Waals surface area contributed by atoms with E-state index in [4.69, 9.17) is 11.6 Å². The predicted molar refractivity (Wildman–Crippen MR) is 94.7 cm³/mol. The third kappa shape index (κ3) is 3.24. The Hall–Kier alpha value is -2.45. The maximum atomic E-state index is 11.9. The van der Waals surface area contributed by atoms with Crippen molar-refractivity contribution in [3.05, 3.63) is 63.1 Å². The SMILES string of the molecule is Cc1nn(-c2ccccc2)c(Cl)c1/C=N\NC(=O)c1[nH]ncc1Br. The molecule has 0 unspecified atom stereocenters. The van der Waals surface area contributed by atoms with Crippen LogP contribution in [0.1, 0.15) is 21.7 Å². The Morgan fingerprint density at radius 3 is 2.83 bits per heavy atom. The van der Waals surface area contributed by atoms with Crippen molar-refractivity contribution in [1.29, 1.82) is 0 Å². The molecule has 0 aliphatic carbocycles. The van der Waals surface area contributed by atoms with Crippen LogP contribution >= 0.6 is 27.5 Å². The standard InChI is InChI=1S/C15H12BrClN6O/c1-9-11(7-18-21-15(24)13-12(16)8-19-20-13)14(17)23(22-9)10-5-3-2-4-6-10/h2-8H,1H3,(H,19,20)(H,21,24)/b18-7-.